The lowest BCUT2D eigenvalue weighted by atomic mass is 10.1. The largest absolute Gasteiger partial charge is 0.342 e. The molecule has 6 heteroatoms. The van der Waals surface area contributed by atoms with E-state index in [1.54, 1.807) is 0 Å². The zero-order valence-electron chi connectivity index (χ0n) is 14.6. The molecule has 1 amide bonds. The minimum atomic E-state index is 0.202. The molecule has 0 unspecified atom stereocenters. The molecule has 1 fully saturated rings. The van der Waals surface area contributed by atoms with E-state index in [0.717, 1.165) is 42.6 Å². The summed E-state index contributed by atoms with van der Waals surface area (Å²) in [6.07, 6.45) is 3.47. The molecule has 24 heavy (non-hydrogen) atoms. The number of nitrogens with zero attached hydrogens (tertiary/aromatic N) is 4. The molecule has 5 nitrogen and oxygen atoms in total. The predicted molar refractivity (Wildman–Crippen MR) is 96.7 cm³/mol. The first kappa shape index (κ1) is 17.0. The van der Waals surface area contributed by atoms with Crippen LogP contribution in [0.1, 0.15) is 36.2 Å². The smallest absolute Gasteiger partial charge is 0.233 e. The third kappa shape index (κ3) is 3.64. The third-order valence-electron chi connectivity index (χ3n) is 4.43. The van der Waals surface area contributed by atoms with E-state index in [4.69, 9.17) is 0 Å². The highest BCUT2D eigenvalue weighted by atomic mass is 32.2. The highest BCUT2D eigenvalue weighted by Gasteiger charge is 2.19. The van der Waals surface area contributed by atoms with Crippen LogP contribution in [-0.4, -0.2) is 44.4 Å². The number of hydrogen-bond donors (Lipinski definition) is 0. The van der Waals surface area contributed by atoms with Crippen molar-refractivity contribution in [1.82, 2.24) is 19.7 Å². The maximum Gasteiger partial charge on any atom is 0.233 e. The molecule has 3 rings (SSSR count). The summed E-state index contributed by atoms with van der Waals surface area (Å²) in [6.45, 7) is 7.90. The molecular formula is C18H24N4OS. The average Bonchev–Trinajstić information content (AvgIpc) is 2.96. The van der Waals surface area contributed by atoms with Gasteiger partial charge >= 0.3 is 0 Å². The molecule has 1 aliphatic rings. The number of likely N-dealkylation sites (tertiary alicyclic amines) is 1. The van der Waals surface area contributed by atoms with E-state index in [1.165, 1.54) is 29.3 Å². The molecule has 2 heterocycles. The summed E-state index contributed by atoms with van der Waals surface area (Å²) in [5, 5.41) is 9.29. The van der Waals surface area contributed by atoms with Gasteiger partial charge in [-0.3, -0.25) is 9.36 Å². The van der Waals surface area contributed by atoms with E-state index < -0.39 is 0 Å². The van der Waals surface area contributed by atoms with Crippen molar-refractivity contribution in [3.8, 4) is 5.69 Å². The second-order valence-corrected chi connectivity index (χ2v) is 7.33. The van der Waals surface area contributed by atoms with Crippen molar-refractivity contribution in [3.05, 3.63) is 35.2 Å². The van der Waals surface area contributed by atoms with Gasteiger partial charge in [-0.05, 0) is 57.2 Å². The zero-order chi connectivity index (χ0) is 17.1. The van der Waals surface area contributed by atoms with E-state index in [-0.39, 0.29) is 5.91 Å². The molecular weight excluding hydrogens is 320 g/mol. The van der Waals surface area contributed by atoms with Crippen molar-refractivity contribution < 1.29 is 4.79 Å². The normalized spacial score (nSPS) is 14.9. The molecule has 1 aliphatic heterocycles. The standard InChI is InChI=1S/C18H24N4OS/c1-13-7-8-14(2)16(11-13)22-15(3)19-20-18(22)24-12-17(23)21-9-5-4-6-10-21/h7-8,11H,4-6,9-10,12H2,1-3H3. The van der Waals surface area contributed by atoms with Crippen molar-refractivity contribution in [1.29, 1.82) is 0 Å². The Kier molecular flexibility index (Phi) is 5.23. The van der Waals surface area contributed by atoms with E-state index in [9.17, 15) is 4.79 Å². The van der Waals surface area contributed by atoms with Crippen molar-refractivity contribution in [2.24, 2.45) is 0 Å². The highest BCUT2D eigenvalue weighted by Crippen LogP contribution is 2.25. The number of aryl methyl sites for hydroxylation is 3. The van der Waals surface area contributed by atoms with Crippen LogP contribution in [0.5, 0.6) is 0 Å². The minimum Gasteiger partial charge on any atom is -0.342 e. The molecule has 1 saturated heterocycles. The summed E-state index contributed by atoms with van der Waals surface area (Å²) in [7, 11) is 0. The van der Waals surface area contributed by atoms with Crippen LogP contribution < -0.4 is 0 Å². The van der Waals surface area contributed by atoms with Crippen molar-refractivity contribution in [2.45, 2.75) is 45.2 Å². The van der Waals surface area contributed by atoms with Crippen LogP contribution in [0.2, 0.25) is 0 Å². The number of carbonyl (C=O) groups excluding carboxylic acids is 1. The fourth-order valence-electron chi connectivity index (χ4n) is 3.03. The Morgan fingerprint density at radius 2 is 1.88 bits per heavy atom. The van der Waals surface area contributed by atoms with Crippen LogP contribution in [0, 0.1) is 20.8 Å². The van der Waals surface area contributed by atoms with Gasteiger partial charge in [-0.2, -0.15) is 0 Å². The second-order valence-electron chi connectivity index (χ2n) is 6.39. The van der Waals surface area contributed by atoms with Crippen LogP contribution in [0.3, 0.4) is 0 Å². The van der Waals surface area contributed by atoms with Gasteiger partial charge in [0.25, 0.3) is 0 Å². The molecule has 0 radical (unpaired) electrons. The van der Waals surface area contributed by atoms with Crippen LogP contribution in [0.25, 0.3) is 5.69 Å². The number of hydrogen-bond acceptors (Lipinski definition) is 4. The lowest BCUT2D eigenvalue weighted by molar-refractivity contribution is -0.129. The van der Waals surface area contributed by atoms with Gasteiger partial charge in [0.1, 0.15) is 5.82 Å². The van der Waals surface area contributed by atoms with Crippen LogP contribution in [-0.2, 0) is 4.79 Å². The van der Waals surface area contributed by atoms with Crippen molar-refractivity contribution in [2.75, 3.05) is 18.8 Å². The molecule has 0 saturated carbocycles. The number of rotatable bonds is 4. The fourth-order valence-corrected chi connectivity index (χ4v) is 3.93. The second kappa shape index (κ2) is 7.38. The lowest BCUT2D eigenvalue weighted by Gasteiger charge is -2.26. The van der Waals surface area contributed by atoms with Gasteiger partial charge in [0.15, 0.2) is 5.16 Å². The van der Waals surface area contributed by atoms with E-state index in [2.05, 4.69) is 46.8 Å². The minimum absolute atomic E-state index is 0.202. The third-order valence-corrected chi connectivity index (χ3v) is 5.35. The summed E-state index contributed by atoms with van der Waals surface area (Å²) in [4.78, 5) is 14.4. The zero-order valence-corrected chi connectivity index (χ0v) is 15.4. The highest BCUT2D eigenvalue weighted by molar-refractivity contribution is 7.99. The summed E-state index contributed by atoms with van der Waals surface area (Å²) in [6, 6.07) is 6.35. The molecule has 0 bridgehead atoms. The quantitative estimate of drug-likeness (QED) is 0.799. The number of piperidine rings is 1. The fraction of sp³-hybridized carbons (Fsp3) is 0.500. The Morgan fingerprint density at radius 3 is 2.62 bits per heavy atom. The van der Waals surface area contributed by atoms with Crippen molar-refractivity contribution in [3.63, 3.8) is 0 Å². The summed E-state index contributed by atoms with van der Waals surface area (Å²) < 4.78 is 2.05. The summed E-state index contributed by atoms with van der Waals surface area (Å²) >= 11 is 1.48. The number of aromatic nitrogens is 3. The molecule has 1 aromatic heterocycles. The van der Waals surface area contributed by atoms with Crippen LogP contribution in [0.4, 0.5) is 0 Å². The lowest BCUT2D eigenvalue weighted by Crippen LogP contribution is -2.36. The average molecular weight is 344 g/mol. The van der Waals surface area contributed by atoms with E-state index in [1.807, 2.05) is 11.8 Å². The van der Waals surface area contributed by atoms with Gasteiger partial charge < -0.3 is 4.90 Å². The van der Waals surface area contributed by atoms with Crippen molar-refractivity contribution >= 4 is 17.7 Å². The maximum absolute atomic E-state index is 12.4. The topological polar surface area (TPSA) is 51.0 Å². The van der Waals surface area contributed by atoms with Gasteiger partial charge in [0.2, 0.25) is 5.91 Å². The monoisotopic (exact) mass is 344 g/mol. The Morgan fingerprint density at radius 1 is 1.12 bits per heavy atom. The molecule has 0 atom stereocenters. The van der Waals surface area contributed by atoms with Gasteiger partial charge in [-0.1, -0.05) is 23.9 Å². The molecule has 0 spiro atoms. The first-order valence-corrected chi connectivity index (χ1v) is 9.45. The van der Waals surface area contributed by atoms with E-state index >= 15 is 0 Å². The Hall–Kier alpha value is -1.82. The summed E-state index contributed by atoms with van der Waals surface area (Å²) in [5.74, 6) is 1.47. The number of thioether (sulfide) groups is 1. The van der Waals surface area contributed by atoms with Gasteiger partial charge in [0.05, 0.1) is 11.4 Å². The number of carbonyl (C=O) groups is 1. The number of benzene rings is 1. The SMILES string of the molecule is Cc1ccc(C)c(-n2c(C)nnc2SCC(=O)N2CCCCC2)c1. The first-order valence-electron chi connectivity index (χ1n) is 8.46. The first-order chi connectivity index (χ1) is 11.6. The maximum atomic E-state index is 12.4. The summed E-state index contributed by atoms with van der Waals surface area (Å²) in [5.41, 5.74) is 3.46. The Labute approximate surface area is 147 Å². The number of amides is 1. The molecule has 128 valence electrons. The molecule has 0 N–H and O–H groups in total. The van der Waals surface area contributed by atoms with E-state index in [0.29, 0.717) is 5.75 Å². The molecule has 2 aromatic rings. The van der Waals surface area contributed by atoms with Crippen LogP contribution >= 0.6 is 11.8 Å². The Bertz CT molecular complexity index is 735. The molecule has 0 aliphatic carbocycles. The van der Waals surface area contributed by atoms with Crippen LogP contribution in [0.15, 0.2) is 23.4 Å². The van der Waals surface area contributed by atoms with Gasteiger partial charge in [-0.25, -0.2) is 0 Å². The van der Waals surface area contributed by atoms with Gasteiger partial charge in [0, 0.05) is 13.1 Å². The predicted octanol–water partition coefficient (Wildman–Crippen LogP) is 3.30. The van der Waals surface area contributed by atoms with Gasteiger partial charge in [-0.15, -0.1) is 10.2 Å². The Balaban J connectivity index is 1.77. The molecule has 1 aromatic carbocycles.